The van der Waals surface area contributed by atoms with Crippen LogP contribution in [0, 0.1) is 6.92 Å². The number of nitrogens with one attached hydrogen (secondary N) is 1. The molecule has 1 N–H and O–H groups in total. The zero-order chi connectivity index (χ0) is 25.5. The molecule has 0 spiro atoms. The molecule has 0 aromatic heterocycles. The van der Waals surface area contributed by atoms with Gasteiger partial charge in [0.25, 0.3) is 10.0 Å². The molecule has 0 aliphatic rings. The summed E-state index contributed by atoms with van der Waals surface area (Å²) in [5.41, 5.74) is 2.95. The van der Waals surface area contributed by atoms with Crippen molar-refractivity contribution in [1.82, 2.24) is 0 Å². The van der Waals surface area contributed by atoms with Crippen LogP contribution in [0.4, 0.5) is 11.4 Å². The number of halogens is 1. The van der Waals surface area contributed by atoms with E-state index in [2.05, 4.69) is 17.4 Å². The number of aryl methyl sites for hydroxylation is 1. The lowest BCUT2D eigenvalue weighted by molar-refractivity contribution is -0.114. The van der Waals surface area contributed by atoms with Gasteiger partial charge in [-0.25, -0.2) is 8.42 Å². The lowest BCUT2D eigenvalue weighted by Gasteiger charge is -2.24. The second-order valence-corrected chi connectivity index (χ2v) is 11.5. The van der Waals surface area contributed by atoms with Gasteiger partial charge >= 0.3 is 0 Å². The van der Waals surface area contributed by atoms with Crippen molar-refractivity contribution in [3.05, 3.63) is 119 Å². The van der Waals surface area contributed by atoms with Crippen LogP contribution in [0.25, 0.3) is 0 Å². The molecule has 4 rings (SSSR count). The van der Waals surface area contributed by atoms with Crippen molar-refractivity contribution in [1.29, 1.82) is 0 Å². The fourth-order valence-electron chi connectivity index (χ4n) is 3.48. The monoisotopic (exact) mass is 536 g/mol. The molecule has 0 radical (unpaired) electrons. The minimum atomic E-state index is -4.00. The topological polar surface area (TPSA) is 66.5 Å². The van der Waals surface area contributed by atoms with E-state index in [-0.39, 0.29) is 4.90 Å². The zero-order valence-electron chi connectivity index (χ0n) is 19.6. The predicted octanol–water partition coefficient (Wildman–Crippen LogP) is 6.77. The van der Waals surface area contributed by atoms with Crippen molar-refractivity contribution < 1.29 is 13.2 Å². The summed E-state index contributed by atoms with van der Waals surface area (Å²) in [6, 6.07) is 30.6. The van der Waals surface area contributed by atoms with Crippen molar-refractivity contribution in [3.63, 3.8) is 0 Å². The third-order valence-corrected chi connectivity index (χ3v) is 8.49. The Bertz CT molecular complexity index is 1430. The molecule has 184 valence electrons. The standard InChI is InChI=1S/C28H25ClN2O3S2/c1-21-10-16-27(17-11-21)36(33,34)31(25-7-5-6-23(29)18-25)19-28(32)30-24-14-12-22(13-15-24)20-35-26-8-3-2-4-9-26/h2-18H,19-20H2,1H3,(H,30,32). The predicted molar refractivity (Wildman–Crippen MR) is 148 cm³/mol. The second kappa shape index (κ2) is 11.6. The normalized spacial score (nSPS) is 11.2. The first-order valence-electron chi connectivity index (χ1n) is 11.2. The number of anilines is 2. The number of thioether (sulfide) groups is 1. The minimum absolute atomic E-state index is 0.0983. The van der Waals surface area contributed by atoms with Crippen LogP contribution in [0.5, 0.6) is 0 Å². The van der Waals surface area contributed by atoms with Gasteiger partial charge in [-0.3, -0.25) is 9.10 Å². The van der Waals surface area contributed by atoms with Crippen LogP contribution in [-0.2, 0) is 20.6 Å². The number of hydrogen-bond donors (Lipinski definition) is 1. The van der Waals surface area contributed by atoms with Gasteiger partial charge in [-0.2, -0.15) is 0 Å². The van der Waals surface area contributed by atoms with Gasteiger partial charge in [-0.15, -0.1) is 11.8 Å². The summed E-state index contributed by atoms with van der Waals surface area (Å²) in [7, 11) is -4.00. The highest BCUT2D eigenvalue weighted by Crippen LogP contribution is 2.27. The van der Waals surface area contributed by atoms with Crippen molar-refractivity contribution >= 4 is 50.7 Å². The van der Waals surface area contributed by atoms with Crippen molar-refractivity contribution in [2.45, 2.75) is 22.5 Å². The lowest BCUT2D eigenvalue weighted by atomic mass is 10.2. The fourth-order valence-corrected chi connectivity index (χ4v) is 5.96. The minimum Gasteiger partial charge on any atom is -0.325 e. The molecule has 0 unspecified atom stereocenters. The summed E-state index contributed by atoms with van der Waals surface area (Å²) < 4.78 is 28.0. The van der Waals surface area contributed by atoms with E-state index < -0.39 is 22.5 Å². The molecule has 1 amide bonds. The molecule has 0 heterocycles. The van der Waals surface area contributed by atoms with E-state index in [4.69, 9.17) is 11.6 Å². The number of hydrogen-bond acceptors (Lipinski definition) is 4. The highest BCUT2D eigenvalue weighted by Gasteiger charge is 2.27. The largest absolute Gasteiger partial charge is 0.325 e. The van der Waals surface area contributed by atoms with Gasteiger partial charge in [0.2, 0.25) is 5.91 Å². The number of nitrogens with zero attached hydrogens (tertiary/aromatic N) is 1. The van der Waals surface area contributed by atoms with Gasteiger partial charge in [0.15, 0.2) is 0 Å². The molecule has 0 aliphatic heterocycles. The average molecular weight is 537 g/mol. The third kappa shape index (κ3) is 6.69. The van der Waals surface area contributed by atoms with Crippen LogP contribution in [-0.4, -0.2) is 20.9 Å². The van der Waals surface area contributed by atoms with E-state index in [0.29, 0.717) is 16.4 Å². The zero-order valence-corrected chi connectivity index (χ0v) is 22.0. The summed E-state index contributed by atoms with van der Waals surface area (Å²) in [5, 5.41) is 3.18. The molecule has 0 atom stereocenters. The molecule has 4 aromatic carbocycles. The SMILES string of the molecule is Cc1ccc(S(=O)(=O)N(CC(=O)Nc2ccc(CSc3ccccc3)cc2)c2cccc(Cl)c2)cc1. The van der Waals surface area contributed by atoms with Crippen molar-refractivity contribution in [3.8, 4) is 0 Å². The number of amides is 1. The molecule has 0 saturated carbocycles. The summed E-state index contributed by atoms with van der Waals surface area (Å²) >= 11 is 7.86. The maximum absolute atomic E-state index is 13.5. The highest BCUT2D eigenvalue weighted by molar-refractivity contribution is 7.98. The Kier molecular flexibility index (Phi) is 8.36. The summed E-state index contributed by atoms with van der Waals surface area (Å²) in [5.74, 6) is 0.340. The van der Waals surface area contributed by atoms with E-state index in [1.54, 1.807) is 42.1 Å². The maximum atomic E-state index is 13.5. The quantitative estimate of drug-likeness (QED) is 0.240. The number of benzene rings is 4. The molecule has 36 heavy (non-hydrogen) atoms. The Morgan fingerprint density at radius 1 is 0.889 bits per heavy atom. The van der Waals surface area contributed by atoms with Gasteiger partial charge in [0, 0.05) is 21.4 Å². The van der Waals surface area contributed by atoms with Crippen LogP contribution in [0.15, 0.2) is 113 Å². The molecule has 0 aliphatic carbocycles. The molecule has 0 bridgehead atoms. The molecule has 8 heteroatoms. The molecular weight excluding hydrogens is 512 g/mol. The fraction of sp³-hybridized carbons (Fsp3) is 0.107. The number of carbonyl (C=O) groups is 1. The summed E-state index contributed by atoms with van der Waals surface area (Å²) in [4.78, 5) is 14.2. The van der Waals surface area contributed by atoms with Gasteiger partial charge in [0.05, 0.1) is 10.6 Å². The molecular formula is C28H25ClN2O3S2. The Balaban J connectivity index is 1.48. The molecule has 0 saturated heterocycles. The third-order valence-electron chi connectivity index (χ3n) is 5.38. The first kappa shape index (κ1) is 25.8. The van der Waals surface area contributed by atoms with Crippen molar-refractivity contribution in [2.24, 2.45) is 0 Å². The molecule has 5 nitrogen and oxygen atoms in total. The number of carbonyl (C=O) groups excluding carboxylic acids is 1. The molecule has 4 aromatic rings. The first-order chi connectivity index (χ1) is 17.3. The summed E-state index contributed by atoms with van der Waals surface area (Å²) in [6.45, 7) is 1.48. The van der Waals surface area contributed by atoms with Gasteiger partial charge < -0.3 is 5.32 Å². The Labute approximate surface area is 221 Å². The first-order valence-corrected chi connectivity index (χ1v) is 14.0. The van der Waals surface area contributed by atoms with E-state index in [0.717, 1.165) is 21.2 Å². The second-order valence-electron chi connectivity index (χ2n) is 8.15. The number of rotatable bonds is 9. The van der Waals surface area contributed by atoms with Gasteiger partial charge in [-0.1, -0.05) is 65.7 Å². The van der Waals surface area contributed by atoms with E-state index in [1.807, 2.05) is 49.4 Å². The van der Waals surface area contributed by atoms with Crippen LogP contribution in [0.1, 0.15) is 11.1 Å². The highest BCUT2D eigenvalue weighted by atomic mass is 35.5. The smallest absolute Gasteiger partial charge is 0.264 e. The van der Waals surface area contributed by atoms with E-state index in [9.17, 15) is 13.2 Å². The van der Waals surface area contributed by atoms with Crippen LogP contribution in [0.3, 0.4) is 0 Å². The van der Waals surface area contributed by atoms with Gasteiger partial charge in [-0.05, 0) is 67.1 Å². The Morgan fingerprint density at radius 3 is 2.25 bits per heavy atom. The van der Waals surface area contributed by atoms with E-state index >= 15 is 0 Å². The Hall–Kier alpha value is -3.26. The maximum Gasteiger partial charge on any atom is 0.264 e. The van der Waals surface area contributed by atoms with Crippen LogP contribution in [0.2, 0.25) is 5.02 Å². The molecule has 0 fully saturated rings. The average Bonchev–Trinajstić information content (AvgIpc) is 2.88. The van der Waals surface area contributed by atoms with Crippen molar-refractivity contribution in [2.75, 3.05) is 16.2 Å². The lowest BCUT2D eigenvalue weighted by Crippen LogP contribution is -2.38. The van der Waals surface area contributed by atoms with E-state index in [1.165, 1.54) is 23.1 Å². The number of sulfonamides is 1. The van der Waals surface area contributed by atoms with Crippen LogP contribution < -0.4 is 9.62 Å². The van der Waals surface area contributed by atoms with Crippen LogP contribution >= 0.6 is 23.4 Å². The Morgan fingerprint density at radius 2 is 1.58 bits per heavy atom. The van der Waals surface area contributed by atoms with Gasteiger partial charge in [0.1, 0.15) is 6.54 Å². The summed E-state index contributed by atoms with van der Waals surface area (Å²) in [6.07, 6.45) is 0.